The predicted molar refractivity (Wildman–Crippen MR) is 123 cm³/mol. The van der Waals surface area contributed by atoms with E-state index in [1.54, 1.807) is 60.5 Å². The molecule has 160 valence electrons. The maximum absolute atomic E-state index is 13.0. The lowest BCUT2D eigenvalue weighted by Gasteiger charge is -2.19. The number of ether oxygens (including phenoxy) is 1. The molecular weight excluding hydrogens is 388 g/mol. The predicted octanol–water partition coefficient (Wildman–Crippen LogP) is 5.39. The van der Waals surface area contributed by atoms with Crippen molar-refractivity contribution in [3.63, 3.8) is 0 Å². The summed E-state index contributed by atoms with van der Waals surface area (Å²) in [7, 11) is 1.75. The van der Waals surface area contributed by atoms with Gasteiger partial charge in [0.2, 0.25) is 0 Å². The smallest absolute Gasteiger partial charge is 0.256 e. The van der Waals surface area contributed by atoms with Gasteiger partial charge in [-0.15, -0.1) is 0 Å². The Morgan fingerprint density at radius 3 is 2.26 bits per heavy atom. The third kappa shape index (κ3) is 5.95. The summed E-state index contributed by atoms with van der Waals surface area (Å²) in [6, 6.07) is 23.9. The number of hydrogen-bond acceptors (Lipinski definition) is 3. The van der Waals surface area contributed by atoms with Crippen LogP contribution in [-0.4, -0.2) is 29.9 Å². The first kappa shape index (κ1) is 22.1. The van der Waals surface area contributed by atoms with Crippen LogP contribution in [0.4, 0.5) is 5.69 Å². The molecule has 0 bridgehead atoms. The number of nitrogens with zero attached hydrogens (tertiary/aromatic N) is 1. The minimum atomic E-state index is -0.277. The van der Waals surface area contributed by atoms with Gasteiger partial charge in [-0.1, -0.05) is 49.4 Å². The molecule has 5 heteroatoms. The molecule has 0 aliphatic heterocycles. The van der Waals surface area contributed by atoms with Crippen LogP contribution in [0, 0.1) is 0 Å². The molecule has 5 nitrogen and oxygen atoms in total. The molecule has 0 spiro atoms. The molecular formula is C26H28N2O3. The molecule has 0 aliphatic carbocycles. The lowest BCUT2D eigenvalue weighted by molar-refractivity contribution is 0.0786. The normalized spacial score (nSPS) is 11.5. The van der Waals surface area contributed by atoms with Crippen molar-refractivity contribution in [2.24, 2.45) is 0 Å². The molecule has 0 saturated carbocycles. The summed E-state index contributed by atoms with van der Waals surface area (Å²) in [4.78, 5) is 27.4. The van der Waals surface area contributed by atoms with Gasteiger partial charge < -0.3 is 15.0 Å². The number of carbonyl (C=O) groups excluding carboxylic acids is 2. The Balaban J connectivity index is 1.71. The molecule has 3 aromatic rings. The molecule has 0 aromatic heterocycles. The highest BCUT2D eigenvalue weighted by Gasteiger charge is 2.18. The summed E-state index contributed by atoms with van der Waals surface area (Å²) in [5.41, 5.74) is 2.47. The van der Waals surface area contributed by atoms with Crippen molar-refractivity contribution in [3.05, 3.63) is 95.6 Å². The van der Waals surface area contributed by atoms with E-state index in [9.17, 15) is 9.59 Å². The molecule has 31 heavy (non-hydrogen) atoms. The Morgan fingerprint density at radius 2 is 1.58 bits per heavy atom. The van der Waals surface area contributed by atoms with Crippen LogP contribution in [-0.2, 0) is 6.54 Å². The molecule has 1 atom stereocenters. The van der Waals surface area contributed by atoms with Gasteiger partial charge in [-0.05, 0) is 55.3 Å². The van der Waals surface area contributed by atoms with Gasteiger partial charge in [0.15, 0.2) is 0 Å². The van der Waals surface area contributed by atoms with Crippen LogP contribution in [0.5, 0.6) is 5.75 Å². The molecule has 1 N–H and O–H groups in total. The topological polar surface area (TPSA) is 58.6 Å². The van der Waals surface area contributed by atoms with Gasteiger partial charge in [-0.2, -0.15) is 0 Å². The first-order chi connectivity index (χ1) is 15.0. The van der Waals surface area contributed by atoms with Crippen LogP contribution in [0.1, 0.15) is 46.5 Å². The van der Waals surface area contributed by atoms with Crippen LogP contribution in [0.2, 0.25) is 0 Å². The standard InChI is InChI=1S/C26H28N2O3/c1-4-19(2)31-22-16-14-21(15-17-22)25(29)27-24-13-9-8-12-23(24)26(30)28(3)18-20-10-6-5-7-11-20/h5-17,19H,4,18H2,1-3H3,(H,27,29). The second kappa shape index (κ2) is 10.4. The van der Waals surface area contributed by atoms with Crippen molar-refractivity contribution in [3.8, 4) is 5.75 Å². The monoisotopic (exact) mass is 416 g/mol. The van der Waals surface area contributed by atoms with Gasteiger partial charge in [0, 0.05) is 19.2 Å². The molecule has 2 amide bonds. The fourth-order valence-electron chi connectivity index (χ4n) is 3.11. The maximum atomic E-state index is 13.0. The van der Waals surface area contributed by atoms with E-state index >= 15 is 0 Å². The van der Waals surface area contributed by atoms with Crippen molar-refractivity contribution in [2.45, 2.75) is 32.9 Å². The van der Waals surface area contributed by atoms with E-state index < -0.39 is 0 Å². The van der Waals surface area contributed by atoms with Crippen molar-refractivity contribution >= 4 is 17.5 Å². The lowest BCUT2D eigenvalue weighted by atomic mass is 10.1. The van der Waals surface area contributed by atoms with Crippen molar-refractivity contribution in [1.29, 1.82) is 0 Å². The zero-order chi connectivity index (χ0) is 22.2. The number of anilines is 1. The largest absolute Gasteiger partial charge is 0.491 e. The van der Waals surface area contributed by atoms with Crippen LogP contribution in [0.15, 0.2) is 78.9 Å². The second-order valence-electron chi connectivity index (χ2n) is 7.51. The molecule has 3 aromatic carbocycles. The molecule has 0 fully saturated rings. The number of nitrogens with one attached hydrogen (secondary N) is 1. The number of benzene rings is 3. The van der Waals surface area contributed by atoms with Crippen LogP contribution >= 0.6 is 0 Å². The van der Waals surface area contributed by atoms with Gasteiger partial charge in [0.25, 0.3) is 11.8 Å². The zero-order valence-corrected chi connectivity index (χ0v) is 18.2. The zero-order valence-electron chi connectivity index (χ0n) is 18.2. The minimum absolute atomic E-state index is 0.116. The van der Waals surface area contributed by atoms with E-state index in [2.05, 4.69) is 12.2 Å². The Hall–Kier alpha value is -3.60. The van der Waals surface area contributed by atoms with Gasteiger partial charge in [-0.25, -0.2) is 0 Å². The number of carbonyl (C=O) groups is 2. The van der Waals surface area contributed by atoms with Gasteiger partial charge in [0.05, 0.1) is 17.4 Å². The Morgan fingerprint density at radius 1 is 0.935 bits per heavy atom. The second-order valence-corrected chi connectivity index (χ2v) is 7.51. The third-order valence-electron chi connectivity index (χ3n) is 5.04. The summed E-state index contributed by atoms with van der Waals surface area (Å²) in [5.74, 6) is 0.294. The fourth-order valence-corrected chi connectivity index (χ4v) is 3.11. The van der Waals surface area contributed by atoms with Crippen LogP contribution in [0.3, 0.4) is 0 Å². The fraction of sp³-hybridized carbons (Fsp3) is 0.231. The van der Waals surface area contributed by atoms with Crippen LogP contribution < -0.4 is 10.1 Å². The van der Waals surface area contributed by atoms with E-state index in [1.807, 2.05) is 37.3 Å². The minimum Gasteiger partial charge on any atom is -0.491 e. The number of rotatable bonds is 8. The highest BCUT2D eigenvalue weighted by atomic mass is 16.5. The van der Waals surface area contributed by atoms with Crippen molar-refractivity contribution in [1.82, 2.24) is 4.90 Å². The quantitative estimate of drug-likeness (QED) is 0.536. The van der Waals surface area contributed by atoms with Gasteiger partial charge >= 0.3 is 0 Å². The summed E-state index contributed by atoms with van der Waals surface area (Å²) >= 11 is 0. The average molecular weight is 417 g/mol. The van der Waals surface area contributed by atoms with Gasteiger partial charge in [0.1, 0.15) is 5.75 Å². The molecule has 3 rings (SSSR count). The van der Waals surface area contributed by atoms with E-state index in [4.69, 9.17) is 4.74 Å². The SMILES string of the molecule is CCC(C)Oc1ccc(C(=O)Nc2ccccc2C(=O)N(C)Cc2ccccc2)cc1. The van der Waals surface area contributed by atoms with Crippen molar-refractivity contribution in [2.75, 3.05) is 12.4 Å². The Bertz CT molecular complexity index is 1020. The average Bonchev–Trinajstić information content (AvgIpc) is 2.80. The first-order valence-electron chi connectivity index (χ1n) is 10.4. The molecule has 0 radical (unpaired) electrons. The van der Waals surface area contributed by atoms with Crippen molar-refractivity contribution < 1.29 is 14.3 Å². The first-order valence-corrected chi connectivity index (χ1v) is 10.4. The molecule has 0 saturated heterocycles. The highest BCUT2D eigenvalue weighted by molar-refractivity contribution is 6.09. The number of hydrogen-bond donors (Lipinski definition) is 1. The summed E-state index contributed by atoms with van der Waals surface area (Å²) < 4.78 is 5.76. The summed E-state index contributed by atoms with van der Waals surface area (Å²) in [6.45, 7) is 4.55. The third-order valence-corrected chi connectivity index (χ3v) is 5.04. The van der Waals surface area contributed by atoms with Gasteiger partial charge in [-0.3, -0.25) is 9.59 Å². The molecule has 0 heterocycles. The maximum Gasteiger partial charge on any atom is 0.256 e. The molecule has 1 unspecified atom stereocenters. The lowest BCUT2D eigenvalue weighted by Crippen LogP contribution is -2.27. The highest BCUT2D eigenvalue weighted by Crippen LogP contribution is 2.20. The van der Waals surface area contributed by atoms with E-state index in [-0.39, 0.29) is 17.9 Å². The summed E-state index contributed by atoms with van der Waals surface area (Å²) in [6.07, 6.45) is 1.02. The van der Waals surface area contributed by atoms with E-state index in [0.717, 1.165) is 17.7 Å². The van der Waals surface area contributed by atoms with E-state index in [1.165, 1.54) is 0 Å². The number of amides is 2. The molecule has 0 aliphatic rings. The Labute approximate surface area is 183 Å². The van der Waals surface area contributed by atoms with Crippen LogP contribution in [0.25, 0.3) is 0 Å². The Kier molecular flexibility index (Phi) is 7.44. The number of para-hydroxylation sites is 1. The summed E-state index contributed by atoms with van der Waals surface area (Å²) in [5, 5.41) is 2.87. The van der Waals surface area contributed by atoms with E-state index in [0.29, 0.717) is 23.4 Å².